The molecule has 0 aliphatic carbocycles. The molecule has 0 saturated heterocycles. The van der Waals surface area contributed by atoms with Gasteiger partial charge in [-0.15, -0.1) is 0 Å². The van der Waals surface area contributed by atoms with Gasteiger partial charge in [0.25, 0.3) is 0 Å². The summed E-state index contributed by atoms with van der Waals surface area (Å²) in [6.07, 6.45) is 2.47. The number of aryl methyl sites for hydroxylation is 1. The normalized spacial score (nSPS) is 11.5. The molecule has 0 spiro atoms. The summed E-state index contributed by atoms with van der Waals surface area (Å²) in [7, 11) is 0. The summed E-state index contributed by atoms with van der Waals surface area (Å²) in [5, 5.41) is 6.77. The van der Waals surface area contributed by atoms with Crippen molar-refractivity contribution in [3.8, 4) is 0 Å². The number of carbonyl (C=O) groups excluding carboxylic acids is 1. The first kappa shape index (κ1) is 18.1. The standard InChI is InChI=1S/C18H24FN3O2/c1-18(2,3)17-21-15(22-24-17)11-12-20-16(23)6-4-5-13-7-9-14(19)10-8-13/h7-10H,4-6,11-12H2,1-3H3,(H,20,23). The molecule has 0 unspecified atom stereocenters. The van der Waals surface area contributed by atoms with Crippen LogP contribution < -0.4 is 5.32 Å². The predicted molar refractivity (Wildman–Crippen MR) is 89.0 cm³/mol. The highest BCUT2D eigenvalue weighted by Crippen LogP contribution is 2.19. The van der Waals surface area contributed by atoms with Gasteiger partial charge in [0.05, 0.1) is 0 Å². The molecule has 2 aromatic rings. The quantitative estimate of drug-likeness (QED) is 0.845. The third-order valence-corrected chi connectivity index (χ3v) is 3.56. The van der Waals surface area contributed by atoms with Crippen LogP contribution in [0.2, 0.25) is 0 Å². The van der Waals surface area contributed by atoms with E-state index < -0.39 is 0 Å². The Balaban J connectivity index is 1.64. The summed E-state index contributed by atoms with van der Waals surface area (Å²) in [4.78, 5) is 16.1. The molecule has 6 heteroatoms. The molecule has 1 N–H and O–H groups in total. The van der Waals surface area contributed by atoms with E-state index in [0.29, 0.717) is 31.1 Å². The zero-order valence-electron chi connectivity index (χ0n) is 14.4. The number of amides is 1. The summed E-state index contributed by atoms with van der Waals surface area (Å²) in [6, 6.07) is 6.37. The van der Waals surface area contributed by atoms with E-state index >= 15 is 0 Å². The zero-order chi connectivity index (χ0) is 17.6. The Labute approximate surface area is 141 Å². The molecule has 130 valence electrons. The van der Waals surface area contributed by atoms with Gasteiger partial charge in [-0.05, 0) is 30.5 Å². The highest BCUT2D eigenvalue weighted by molar-refractivity contribution is 5.75. The number of hydrogen-bond donors (Lipinski definition) is 1. The molecular weight excluding hydrogens is 309 g/mol. The molecule has 1 aromatic heterocycles. The Kier molecular flexibility index (Phi) is 6.06. The van der Waals surface area contributed by atoms with E-state index in [1.165, 1.54) is 12.1 Å². The van der Waals surface area contributed by atoms with Crippen LogP contribution in [0.3, 0.4) is 0 Å². The molecule has 1 heterocycles. The maximum atomic E-state index is 12.8. The third-order valence-electron chi connectivity index (χ3n) is 3.56. The molecular formula is C18H24FN3O2. The number of aromatic nitrogens is 2. The van der Waals surface area contributed by atoms with Crippen molar-refractivity contribution in [1.82, 2.24) is 15.5 Å². The van der Waals surface area contributed by atoms with Crippen LogP contribution in [-0.4, -0.2) is 22.6 Å². The van der Waals surface area contributed by atoms with Crippen LogP contribution >= 0.6 is 0 Å². The van der Waals surface area contributed by atoms with Gasteiger partial charge in [0.15, 0.2) is 5.82 Å². The Morgan fingerprint density at radius 3 is 2.54 bits per heavy atom. The number of halogens is 1. The van der Waals surface area contributed by atoms with Crippen molar-refractivity contribution in [2.24, 2.45) is 0 Å². The van der Waals surface area contributed by atoms with Crippen LogP contribution in [0.15, 0.2) is 28.8 Å². The number of hydrogen-bond acceptors (Lipinski definition) is 4. The molecule has 0 atom stereocenters. The summed E-state index contributed by atoms with van der Waals surface area (Å²) < 4.78 is 18.0. The van der Waals surface area contributed by atoms with Crippen molar-refractivity contribution in [2.75, 3.05) is 6.54 Å². The first-order valence-electron chi connectivity index (χ1n) is 8.19. The maximum Gasteiger partial charge on any atom is 0.232 e. The number of carbonyl (C=O) groups is 1. The highest BCUT2D eigenvalue weighted by atomic mass is 19.1. The van der Waals surface area contributed by atoms with E-state index in [-0.39, 0.29) is 17.1 Å². The van der Waals surface area contributed by atoms with E-state index in [1.54, 1.807) is 12.1 Å². The molecule has 2 rings (SSSR count). The van der Waals surface area contributed by atoms with Gasteiger partial charge in [-0.25, -0.2) is 4.39 Å². The van der Waals surface area contributed by atoms with E-state index in [2.05, 4.69) is 15.5 Å². The van der Waals surface area contributed by atoms with Crippen molar-refractivity contribution in [3.05, 3.63) is 47.4 Å². The molecule has 5 nitrogen and oxygen atoms in total. The van der Waals surface area contributed by atoms with Crippen LogP contribution in [0.5, 0.6) is 0 Å². The van der Waals surface area contributed by atoms with Crippen molar-refractivity contribution in [3.63, 3.8) is 0 Å². The summed E-state index contributed by atoms with van der Waals surface area (Å²) in [5.41, 5.74) is 0.861. The van der Waals surface area contributed by atoms with Crippen LogP contribution in [0.25, 0.3) is 0 Å². The van der Waals surface area contributed by atoms with Gasteiger partial charge >= 0.3 is 0 Å². The van der Waals surface area contributed by atoms with Crippen molar-refractivity contribution >= 4 is 5.91 Å². The van der Waals surface area contributed by atoms with Gasteiger partial charge in [0.1, 0.15) is 5.82 Å². The molecule has 0 bridgehead atoms. The monoisotopic (exact) mass is 333 g/mol. The highest BCUT2D eigenvalue weighted by Gasteiger charge is 2.21. The van der Waals surface area contributed by atoms with Crippen LogP contribution in [-0.2, 0) is 23.1 Å². The lowest BCUT2D eigenvalue weighted by atomic mass is 9.97. The zero-order valence-corrected chi connectivity index (χ0v) is 14.4. The molecule has 0 saturated carbocycles. The SMILES string of the molecule is CC(C)(C)c1nc(CCNC(=O)CCCc2ccc(F)cc2)no1. The second-order valence-electron chi connectivity index (χ2n) is 6.85. The lowest BCUT2D eigenvalue weighted by Crippen LogP contribution is -2.25. The summed E-state index contributed by atoms with van der Waals surface area (Å²) >= 11 is 0. The second-order valence-corrected chi connectivity index (χ2v) is 6.85. The van der Waals surface area contributed by atoms with Crippen molar-refractivity contribution in [1.29, 1.82) is 0 Å². The van der Waals surface area contributed by atoms with Gasteiger partial charge in [-0.2, -0.15) is 4.98 Å². The van der Waals surface area contributed by atoms with Gasteiger partial charge < -0.3 is 9.84 Å². The number of rotatable bonds is 7. The Morgan fingerprint density at radius 1 is 1.21 bits per heavy atom. The molecule has 1 aromatic carbocycles. The third kappa shape index (κ3) is 5.76. The van der Waals surface area contributed by atoms with Gasteiger partial charge in [-0.1, -0.05) is 38.1 Å². The largest absolute Gasteiger partial charge is 0.356 e. The molecule has 24 heavy (non-hydrogen) atoms. The summed E-state index contributed by atoms with van der Waals surface area (Å²) in [6.45, 7) is 6.51. The lowest BCUT2D eigenvalue weighted by molar-refractivity contribution is -0.121. The van der Waals surface area contributed by atoms with E-state index in [4.69, 9.17) is 4.52 Å². The van der Waals surface area contributed by atoms with Crippen LogP contribution in [0.4, 0.5) is 4.39 Å². The average molecular weight is 333 g/mol. The smallest absolute Gasteiger partial charge is 0.232 e. The van der Waals surface area contributed by atoms with Gasteiger partial charge in [-0.3, -0.25) is 4.79 Å². The Bertz CT molecular complexity index is 660. The second kappa shape index (κ2) is 8.04. The minimum absolute atomic E-state index is 0.00310. The van der Waals surface area contributed by atoms with Crippen molar-refractivity contribution < 1.29 is 13.7 Å². The average Bonchev–Trinajstić information content (AvgIpc) is 2.98. The van der Waals surface area contributed by atoms with Crippen LogP contribution in [0.1, 0.15) is 50.9 Å². The first-order chi connectivity index (χ1) is 11.3. The van der Waals surface area contributed by atoms with Crippen molar-refractivity contribution in [2.45, 2.75) is 51.9 Å². The summed E-state index contributed by atoms with van der Waals surface area (Å²) in [5.74, 6) is 0.957. The fourth-order valence-electron chi connectivity index (χ4n) is 2.17. The van der Waals surface area contributed by atoms with Gasteiger partial charge in [0, 0.05) is 24.8 Å². The Morgan fingerprint density at radius 2 is 1.92 bits per heavy atom. The van der Waals surface area contributed by atoms with Crippen LogP contribution in [0, 0.1) is 5.82 Å². The lowest BCUT2D eigenvalue weighted by Gasteiger charge is -2.10. The predicted octanol–water partition coefficient (Wildman–Crippen LogP) is 3.19. The van der Waals surface area contributed by atoms with Gasteiger partial charge in [0.2, 0.25) is 11.8 Å². The molecule has 1 amide bonds. The van der Waals surface area contributed by atoms with E-state index in [9.17, 15) is 9.18 Å². The Hall–Kier alpha value is -2.24. The maximum absolute atomic E-state index is 12.8. The topological polar surface area (TPSA) is 68.0 Å². The van der Waals surface area contributed by atoms with E-state index in [0.717, 1.165) is 18.4 Å². The minimum atomic E-state index is -0.243. The van der Waals surface area contributed by atoms with E-state index in [1.807, 2.05) is 20.8 Å². The fourth-order valence-corrected chi connectivity index (χ4v) is 2.17. The first-order valence-corrected chi connectivity index (χ1v) is 8.19. The molecule has 0 radical (unpaired) electrons. The fraction of sp³-hybridized carbons (Fsp3) is 0.500. The molecule has 0 aliphatic heterocycles. The molecule has 0 aliphatic rings. The number of nitrogens with one attached hydrogen (secondary N) is 1. The number of benzene rings is 1. The molecule has 0 fully saturated rings. The minimum Gasteiger partial charge on any atom is -0.356 e. The number of nitrogens with zero attached hydrogens (tertiary/aromatic N) is 2.